The van der Waals surface area contributed by atoms with Gasteiger partial charge in [0.15, 0.2) is 0 Å². The number of nitrogens with zero attached hydrogens (tertiary/aromatic N) is 1. The molecule has 8 nitrogen and oxygen atoms in total. The number of ether oxygens (including phenoxy) is 2. The molecule has 2 rings (SSSR count). The normalized spacial score (nSPS) is 18.9. The van der Waals surface area contributed by atoms with Crippen LogP contribution in [0.3, 0.4) is 0 Å². The average molecular weight is 400 g/mol. The van der Waals surface area contributed by atoms with E-state index in [1.54, 1.807) is 12.1 Å². The van der Waals surface area contributed by atoms with Gasteiger partial charge in [0.05, 0.1) is 19.3 Å². The van der Waals surface area contributed by atoms with Crippen molar-refractivity contribution in [1.82, 2.24) is 10.2 Å². The van der Waals surface area contributed by atoms with Gasteiger partial charge in [-0.2, -0.15) is 8.78 Å². The smallest absolute Gasteiger partial charge is 0.345 e. The number of para-hydroxylation sites is 1. The molecule has 1 aliphatic heterocycles. The zero-order valence-electron chi connectivity index (χ0n) is 15.1. The van der Waals surface area contributed by atoms with Crippen LogP contribution in [-0.2, 0) is 19.1 Å². The van der Waals surface area contributed by atoms with E-state index < -0.39 is 43.1 Å². The molecule has 0 aliphatic carbocycles. The van der Waals surface area contributed by atoms with Crippen molar-refractivity contribution in [3.8, 4) is 5.75 Å². The second-order valence-electron chi connectivity index (χ2n) is 6.20. The molecule has 1 aromatic carbocycles. The number of carbonyl (C=O) groups excluding carboxylic acids is 2. The molecular weight excluding hydrogens is 378 g/mol. The zero-order valence-corrected chi connectivity index (χ0v) is 15.1. The molecule has 28 heavy (non-hydrogen) atoms. The Hall–Kier alpha value is -2.75. The molecule has 1 aromatic rings. The van der Waals surface area contributed by atoms with Crippen molar-refractivity contribution in [2.75, 3.05) is 19.7 Å². The van der Waals surface area contributed by atoms with Gasteiger partial charge in [-0.1, -0.05) is 18.2 Å². The molecule has 1 unspecified atom stereocenters. The fraction of sp³-hybridized carbons (Fsp3) is 0.500. The van der Waals surface area contributed by atoms with Gasteiger partial charge in [-0.05, 0) is 18.6 Å². The van der Waals surface area contributed by atoms with Crippen molar-refractivity contribution in [1.29, 1.82) is 0 Å². The number of hydrogen-bond acceptors (Lipinski definition) is 5. The molecule has 2 N–H and O–H groups in total. The van der Waals surface area contributed by atoms with Crippen LogP contribution in [-0.4, -0.2) is 66.2 Å². The fourth-order valence-electron chi connectivity index (χ4n) is 2.85. The Balaban J connectivity index is 1.71. The lowest BCUT2D eigenvalue weighted by atomic mass is 10.2. The molecule has 0 radical (unpaired) electrons. The summed E-state index contributed by atoms with van der Waals surface area (Å²) in [6.07, 6.45) is -0.730. The molecule has 0 spiro atoms. The van der Waals surface area contributed by atoms with Gasteiger partial charge >= 0.3 is 12.6 Å². The highest BCUT2D eigenvalue weighted by Gasteiger charge is 2.41. The maximum absolute atomic E-state index is 12.3. The van der Waals surface area contributed by atoms with Crippen LogP contribution in [0, 0.1) is 0 Å². The third kappa shape index (κ3) is 6.76. The van der Waals surface area contributed by atoms with Crippen LogP contribution in [0.1, 0.15) is 19.3 Å². The molecule has 10 heteroatoms. The first-order valence-corrected chi connectivity index (χ1v) is 8.77. The third-order valence-electron chi connectivity index (χ3n) is 4.16. The van der Waals surface area contributed by atoms with Crippen LogP contribution >= 0.6 is 0 Å². The summed E-state index contributed by atoms with van der Waals surface area (Å²) in [5.41, 5.74) is 0. The minimum absolute atomic E-state index is 0.125. The Morgan fingerprint density at radius 2 is 1.96 bits per heavy atom. The van der Waals surface area contributed by atoms with Gasteiger partial charge in [-0.3, -0.25) is 9.59 Å². The molecule has 1 saturated heterocycles. The topological polar surface area (TPSA) is 105 Å². The summed E-state index contributed by atoms with van der Waals surface area (Å²) in [6.45, 7) is -3.40. The predicted octanol–water partition coefficient (Wildman–Crippen LogP) is 1.26. The predicted molar refractivity (Wildman–Crippen MR) is 92.8 cm³/mol. The number of halogens is 2. The Morgan fingerprint density at radius 1 is 1.25 bits per heavy atom. The summed E-state index contributed by atoms with van der Waals surface area (Å²) in [6, 6.07) is 7.83. The second kappa shape index (κ2) is 10.5. The number of carbonyl (C=O) groups is 3. The third-order valence-corrected chi connectivity index (χ3v) is 4.16. The van der Waals surface area contributed by atoms with Crippen LogP contribution in [0.2, 0.25) is 0 Å². The number of carboxylic acids is 1. The van der Waals surface area contributed by atoms with E-state index in [9.17, 15) is 23.2 Å². The summed E-state index contributed by atoms with van der Waals surface area (Å²) < 4.78 is 34.4. The van der Waals surface area contributed by atoms with Crippen molar-refractivity contribution < 1.29 is 37.7 Å². The summed E-state index contributed by atoms with van der Waals surface area (Å²) in [5.74, 6) is -1.68. The van der Waals surface area contributed by atoms with E-state index in [1.807, 2.05) is 18.2 Å². The number of nitrogens with one attached hydrogen (secondary N) is 1. The molecule has 2 amide bonds. The van der Waals surface area contributed by atoms with E-state index in [4.69, 9.17) is 9.84 Å². The molecule has 0 saturated carbocycles. The van der Waals surface area contributed by atoms with Crippen LogP contribution in [0.4, 0.5) is 8.78 Å². The summed E-state index contributed by atoms with van der Waals surface area (Å²) in [5, 5.41) is 11.6. The van der Waals surface area contributed by atoms with E-state index >= 15 is 0 Å². The Morgan fingerprint density at radius 3 is 2.61 bits per heavy atom. The fourth-order valence-corrected chi connectivity index (χ4v) is 2.85. The monoisotopic (exact) mass is 400 g/mol. The minimum atomic E-state index is -3.05. The van der Waals surface area contributed by atoms with Crippen molar-refractivity contribution in [3.63, 3.8) is 0 Å². The molecule has 0 aromatic heterocycles. The van der Waals surface area contributed by atoms with Gasteiger partial charge in [0, 0.05) is 19.4 Å². The molecule has 1 aliphatic rings. The molecule has 0 bridgehead atoms. The first kappa shape index (κ1) is 21.5. The van der Waals surface area contributed by atoms with Gasteiger partial charge in [0.25, 0.3) is 0 Å². The molecular formula is C18H22F2N2O6. The molecule has 1 fully saturated rings. The maximum atomic E-state index is 12.3. The summed E-state index contributed by atoms with van der Waals surface area (Å²) in [7, 11) is 0. The maximum Gasteiger partial charge on any atom is 0.345 e. The Bertz CT molecular complexity index is 673. The van der Waals surface area contributed by atoms with E-state index in [0.29, 0.717) is 18.8 Å². The van der Waals surface area contributed by atoms with Gasteiger partial charge in [-0.15, -0.1) is 0 Å². The zero-order chi connectivity index (χ0) is 20.5. The number of likely N-dealkylation sites (tertiary alicyclic amines) is 1. The van der Waals surface area contributed by atoms with E-state index in [1.165, 1.54) is 0 Å². The van der Waals surface area contributed by atoms with E-state index in [-0.39, 0.29) is 19.4 Å². The molecule has 154 valence electrons. The second-order valence-corrected chi connectivity index (χ2v) is 6.20. The van der Waals surface area contributed by atoms with Crippen LogP contribution in [0.25, 0.3) is 0 Å². The van der Waals surface area contributed by atoms with Crippen LogP contribution < -0.4 is 10.1 Å². The quantitative estimate of drug-likeness (QED) is 0.573. The molecule has 2 atom stereocenters. The molecule has 1 heterocycles. The SMILES string of the molecule is O=C(CCCOc1ccccc1)NCC(=O)N1CC(OC(F)F)C[C@@H]1C(=O)O. The summed E-state index contributed by atoms with van der Waals surface area (Å²) >= 11 is 0. The van der Waals surface area contributed by atoms with Gasteiger partial charge in [-0.25, -0.2) is 4.79 Å². The number of benzene rings is 1. The standard InChI is InChI=1S/C18H22F2N2O6/c19-18(20)28-13-9-14(17(25)26)22(11-13)16(24)10-21-15(23)7-4-8-27-12-5-2-1-3-6-12/h1-3,5-6,13-14,18H,4,7-11H2,(H,21,23)(H,25,26)/t13?,14-/m1/s1. The van der Waals surface area contributed by atoms with Gasteiger partial charge in [0.2, 0.25) is 11.8 Å². The highest BCUT2D eigenvalue weighted by molar-refractivity contribution is 5.88. The lowest BCUT2D eigenvalue weighted by Crippen LogP contribution is -2.45. The lowest BCUT2D eigenvalue weighted by Gasteiger charge is -2.21. The highest BCUT2D eigenvalue weighted by atomic mass is 19.3. The van der Waals surface area contributed by atoms with Crippen molar-refractivity contribution >= 4 is 17.8 Å². The van der Waals surface area contributed by atoms with Crippen LogP contribution in [0.15, 0.2) is 30.3 Å². The van der Waals surface area contributed by atoms with Crippen molar-refractivity contribution in [2.45, 2.75) is 38.0 Å². The Labute approximate surface area is 160 Å². The van der Waals surface area contributed by atoms with Crippen LogP contribution in [0.5, 0.6) is 5.75 Å². The van der Waals surface area contributed by atoms with Gasteiger partial charge < -0.3 is 24.8 Å². The number of alkyl halides is 2. The first-order valence-electron chi connectivity index (χ1n) is 8.77. The highest BCUT2D eigenvalue weighted by Crippen LogP contribution is 2.22. The first-order chi connectivity index (χ1) is 13.4. The number of aliphatic carboxylic acids is 1. The lowest BCUT2D eigenvalue weighted by molar-refractivity contribution is -0.160. The number of amides is 2. The largest absolute Gasteiger partial charge is 0.494 e. The number of rotatable bonds is 10. The number of hydrogen-bond donors (Lipinski definition) is 2. The van der Waals surface area contributed by atoms with Crippen molar-refractivity contribution in [2.24, 2.45) is 0 Å². The average Bonchev–Trinajstić information content (AvgIpc) is 3.07. The summed E-state index contributed by atoms with van der Waals surface area (Å²) in [4.78, 5) is 36.2. The van der Waals surface area contributed by atoms with E-state index in [0.717, 1.165) is 4.90 Å². The Kier molecular flexibility index (Phi) is 8.12. The van der Waals surface area contributed by atoms with E-state index in [2.05, 4.69) is 10.1 Å². The number of carboxylic acid groups (broad SMARTS) is 1. The van der Waals surface area contributed by atoms with Crippen molar-refractivity contribution in [3.05, 3.63) is 30.3 Å². The van der Waals surface area contributed by atoms with Gasteiger partial charge in [0.1, 0.15) is 11.8 Å². The minimum Gasteiger partial charge on any atom is -0.494 e.